The maximum atomic E-state index is 12.9. The molecular formula is C68H128O6. The first kappa shape index (κ1) is 71.9. The van der Waals surface area contributed by atoms with Crippen molar-refractivity contribution in [3.05, 3.63) is 24.3 Å². The van der Waals surface area contributed by atoms with Gasteiger partial charge in [-0.3, -0.25) is 14.4 Å². The molecule has 0 amide bonds. The molecular weight excluding hydrogens is 913 g/mol. The van der Waals surface area contributed by atoms with Gasteiger partial charge >= 0.3 is 17.9 Å². The van der Waals surface area contributed by atoms with Crippen LogP contribution in [0.2, 0.25) is 0 Å². The smallest absolute Gasteiger partial charge is 0.306 e. The Morgan fingerprint density at radius 1 is 0.270 bits per heavy atom. The third-order valence-corrected chi connectivity index (χ3v) is 15.2. The van der Waals surface area contributed by atoms with Gasteiger partial charge in [0.1, 0.15) is 13.2 Å². The fourth-order valence-corrected chi connectivity index (χ4v) is 10.2. The summed E-state index contributed by atoms with van der Waals surface area (Å²) in [6.07, 6.45) is 76.5. The third kappa shape index (κ3) is 60.8. The van der Waals surface area contributed by atoms with Crippen LogP contribution in [0, 0.1) is 0 Å². The molecule has 1 unspecified atom stereocenters. The Kier molecular flexibility index (Phi) is 61.6. The summed E-state index contributed by atoms with van der Waals surface area (Å²) in [6, 6.07) is 0. The number of ether oxygens (including phenoxy) is 3. The van der Waals surface area contributed by atoms with Crippen molar-refractivity contribution in [3.8, 4) is 0 Å². The van der Waals surface area contributed by atoms with Gasteiger partial charge in [-0.05, 0) is 51.4 Å². The van der Waals surface area contributed by atoms with E-state index in [0.29, 0.717) is 19.3 Å². The number of hydrogen-bond donors (Lipinski definition) is 0. The van der Waals surface area contributed by atoms with Gasteiger partial charge in [0, 0.05) is 19.3 Å². The lowest BCUT2D eigenvalue weighted by atomic mass is 10.0. The summed E-state index contributed by atoms with van der Waals surface area (Å²) in [5.74, 6) is -0.851. The van der Waals surface area contributed by atoms with Crippen LogP contribution in [-0.2, 0) is 28.6 Å². The van der Waals surface area contributed by atoms with E-state index in [1.54, 1.807) is 0 Å². The zero-order valence-corrected chi connectivity index (χ0v) is 50.1. The fourth-order valence-electron chi connectivity index (χ4n) is 10.2. The Hall–Kier alpha value is -2.11. The van der Waals surface area contributed by atoms with Crippen LogP contribution in [0.15, 0.2) is 24.3 Å². The Bertz CT molecular complexity index is 1190. The molecule has 0 bridgehead atoms. The van der Waals surface area contributed by atoms with Gasteiger partial charge in [0.2, 0.25) is 0 Å². The van der Waals surface area contributed by atoms with Crippen molar-refractivity contribution in [2.75, 3.05) is 13.2 Å². The summed E-state index contributed by atoms with van der Waals surface area (Å²) in [5, 5.41) is 0. The molecule has 0 heterocycles. The van der Waals surface area contributed by atoms with Crippen molar-refractivity contribution in [1.29, 1.82) is 0 Å². The van der Waals surface area contributed by atoms with Gasteiger partial charge in [-0.2, -0.15) is 0 Å². The van der Waals surface area contributed by atoms with Crippen molar-refractivity contribution in [1.82, 2.24) is 0 Å². The maximum absolute atomic E-state index is 12.9. The Morgan fingerprint density at radius 2 is 0.486 bits per heavy atom. The lowest BCUT2D eigenvalue weighted by molar-refractivity contribution is -0.167. The first-order valence-electron chi connectivity index (χ1n) is 33.3. The second-order valence-electron chi connectivity index (χ2n) is 22.7. The van der Waals surface area contributed by atoms with Crippen molar-refractivity contribution in [2.24, 2.45) is 0 Å². The number of unbranched alkanes of at least 4 members (excludes halogenated alkanes) is 47. The van der Waals surface area contributed by atoms with Crippen molar-refractivity contribution >= 4 is 17.9 Å². The second-order valence-corrected chi connectivity index (χ2v) is 22.7. The van der Waals surface area contributed by atoms with Crippen LogP contribution in [0.3, 0.4) is 0 Å². The quantitative estimate of drug-likeness (QED) is 0.0261. The van der Waals surface area contributed by atoms with Crippen LogP contribution in [0.4, 0.5) is 0 Å². The minimum absolute atomic E-state index is 0.0674. The molecule has 0 aliphatic heterocycles. The number of carbonyl (C=O) groups excluding carboxylic acids is 3. The highest BCUT2D eigenvalue weighted by Gasteiger charge is 2.19. The van der Waals surface area contributed by atoms with Crippen LogP contribution in [0.5, 0.6) is 0 Å². The maximum Gasteiger partial charge on any atom is 0.306 e. The molecule has 0 aromatic carbocycles. The predicted octanol–water partition coefficient (Wildman–Crippen LogP) is 22.6. The molecule has 1 atom stereocenters. The molecule has 0 aliphatic carbocycles. The number of carbonyl (C=O) groups is 3. The van der Waals surface area contributed by atoms with Crippen LogP contribution in [0.1, 0.15) is 374 Å². The first-order chi connectivity index (χ1) is 36.5. The molecule has 0 aromatic rings. The van der Waals surface area contributed by atoms with Crippen molar-refractivity contribution in [3.63, 3.8) is 0 Å². The molecule has 0 saturated heterocycles. The van der Waals surface area contributed by atoms with Crippen molar-refractivity contribution < 1.29 is 28.6 Å². The second kappa shape index (κ2) is 63.4. The van der Waals surface area contributed by atoms with E-state index in [1.807, 2.05) is 0 Å². The predicted molar refractivity (Wildman–Crippen MR) is 321 cm³/mol. The Balaban J connectivity index is 4.08. The van der Waals surface area contributed by atoms with E-state index in [2.05, 4.69) is 45.1 Å². The molecule has 0 fully saturated rings. The largest absolute Gasteiger partial charge is 0.462 e. The van der Waals surface area contributed by atoms with E-state index in [9.17, 15) is 14.4 Å². The summed E-state index contributed by atoms with van der Waals surface area (Å²) in [4.78, 5) is 38.2. The summed E-state index contributed by atoms with van der Waals surface area (Å²) >= 11 is 0. The van der Waals surface area contributed by atoms with E-state index in [4.69, 9.17) is 14.2 Å². The molecule has 0 radical (unpaired) electrons. The lowest BCUT2D eigenvalue weighted by Gasteiger charge is -2.18. The summed E-state index contributed by atoms with van der Waals surface area (Å²) < 4.78 is 16.9. The van der Waals surface area contributed by atoms with Gasteiger partial charge in [-0.25, -0.2) is 0 Å². The summed E-state index contributed by atoms with van der Waals surface area (Å²) in [5.41, 5.74) is 0. The normalized spacial score (nSPS) is 12.1. The van der Waals surface area contributed by atoms with Gasteiger partial charge in [0.15, 0.2) is 6.10 Å². The minimum Gasteiger partial charge on any atom is -0.462 e. The lowest BCUT2D eigenvalue weighted by Crippen LogP contribution is -2.30. The number of hydrogen-bond acceptors (Lipinski definition) is 6. The topological polar surface area (TPSA) is 78.9 Å². The molecule has 0 N–H and O–H groups in total. The molecule has 0 aromatic heterocycles. The number of allylic oxidation sites excluding steroid dienone is 4. The zero-order chi connectivity index (χ0) is 53.6. The summed E-state index contributed by atoms with van der Waals surface area (Å²) in [6.45, 7) is 6.66. The third-order valence-electron chi connectivity index (χ3n) is 15.2. The fraction of sp³-hybridized carbons (Fsp3) is 0.897. The van der Waals surface area contributed by atoms with Gasteiger partial charge in [-0.1, -0.05) is 328 Å². The van der Waals surface area contributed by atoms with Crippen LogP contribution in [0.25, 0.3) is 0 Å². The average molecular weight is 1040 g/mol. The molecule has 6 nitrogen and oxygen atoms in total. The molecule has 0 saturated carbocycles. The zero-order valence-electron chi connectivity index (χ0n) is 50.1. The highest BCUT2D eigenvalue weighted by Crippen LogP contribution is 2.18. The summed E-state index contributed by atoms with van der Waals surface area (Å²) in [7, 11) is 0. The monoisotopic (exact) mass is 1040 g/mol. The van der Waals surface area contributed by atoms with Gasteiger partial charge in [-0.15, -0.1) is 0 Å². The highest BCUT2D eigenvalue weighted by molar-refractivity contribution is 5.71. The molecule has 0 aliphatic rings. The number of esters is 3. The molecule has 436 valence electrons. The van der Waals surface area contributed by atoms with E-state index in [-0.39, 0.29) is 31.1 Å². The van der Waals surface area contributed by atoms with Crippen LogP contribution < -0.4 is 0 Å². The molecule has 0 spiro atoms. The van der Waals surface area contributed by atoms with E-state index in [1.165, 1.54) is 270 Å². The molecule has 6 heteroatoms. The molecule has 74 heavy (non-hydrogen) atoms. The van der Waals surface area contributed by atoms with E-state index in [0.717, 1.165) is 64.2 Å². The Labute approximate surface area is 462 Å². The van der Waals surface area contributed by atoms with Gasteiger partial charge < -0.3 is 14.2 Å². The number of rotatable bonds is 62. The molecule has 0 rings (SSSR count). The standard InChI is InChI=1S/C68H128O6/c1-4-7-10-13-16-19-21-23-25-27-29-31-32-33-34-35-36-38-39-41-43-45-47-49-52-55-58-61-67(70)73-64-65(63-72-66(69)60-57-54-51-18-15-12-9-6-3)74-68(71)62-59-56-53-50-48-46-44-42-40-37-30-28-26-24-22-20-17-14-11-8-5-2/h22,24,28,30,65H,4-21,23,25-27,29,31-64H2,1-3H3/b24-22-,30-28-. The van der Waals surface area contributed by atoms with E-state index < -0.39 is 6.10 Å². The van der Waals surface area contributed by atoms with Crippen molar-refractivity contribution in [2.45, 2.75) is 380 Å². The SMILES string of the molecule is CCCCCCC/C=C\C/C=C\CCCCCCCCCCCC(=O)OC(COC(=O)CCCCCCCCCC)COC(=O)CCCCCCCCCCCCCCCCCCCCCCCCCCCCC. The van der Waals surface area contributed by atoms with Gasteiger partial charge in [0.05, 0.1) is 0 Å². The average Bonchev–Trinajstić information content (AvgIpc) is 3.40. The first-order valence-corrected chi connectivity index (χ1v) is 33.3. The van der Waals surface area contributed by atoms with Crippen LogP contribution in [-0.4, -0.2) is 37.2 Å². The van der Waals surface area contributed by atoms with E-state index >= 15 is 0 Å². The van der Waals surface area contributed by atoms with Crippen LogP contribution >= 0.6 is 0 Å². The van der Waals surface area contributed by atoms with Gasteiger partial charge in [0.25, 0.3) is 0 Å². The Morgan fingerprint density at radius 3 is 0.743 bits per heavy atom. The minimum atomic E-state index is -0.769. The highest BCUT2D eigenvalue weighted by atomic mass is 16.6.